The number of aryl methyl sites for hydroxylation is 1. The summed E-state index contributed by atoms with van der Waals surface area (Å²) in [6.45, 7) is 4.12. The van der Waals surface area contributed by atoms with Crippen molar-refractivity contribution in [3.63, 3.8) is 0 Å². The maximum absolute atomic E-state index is 12.2. The average molecular weight is 423 g/mol. The largest absolute Gasteiger partial charge is 0.490 e. The molecule has 3 aromatic rings. The van der Waals surface area contributed by atoms with Crippen molar-refractivity contribution < 1.29 is 14.3 Å². The molecule has 30 heavy (non-hydrogen) atoms. The van der Waals surface area contributed by atoms with Crippen molar-refractivity contribution in [3.8, 4) is 11.5 Å². The van der Waals surface area contributed by atoms with Crippen molar-refractivity contribution in [1.82, 2.24) is 0 Å². The number of benzene rings is 3. The highest BCUT2D eigenvalue weighted by molar-refractivity contribution is 6.31. The lowest BCUT2D eigenvalue weighted by Gasteiger charge is -2.13. The number of ether oxygens (including phenoxy) is 2. The Morgan fingerprint density at radius 1 is 1.03 bits per heavy atom. The molecule has 0 aliphatic carbocycles. The highest BCUT2D eigenvalue weighted by Gasteiger charge is 2.10. The van der Waals surface area contributed by atoms with Gasteiger partial charge in [-0.2, -0.15) is 0 Å². The van der Waals surface area contributed by atoms with Crippen molar-refractivity contribution in [2.75, 3.05) is 18.5 Å². The zero-order valence-corrected chi connectivity index (χ0v) is 17.6. The quantitative estimate of drug-likeness (QED) is 0.465. The normalized spacial score (nSPS) is 10.8. The number of hydrogen-bond acceptors (Lipinski definition) is 4. The minimum atomic E-state index is -0.285. The molecule has 0 saturated heterocycles. The highest BCUT2D eigenvalue weighted by atomic mass is 35.5. The van der Waals surface area contributed by atoms with Gasteiger partial charge in [0.1, 0.15) is 0 Å². The van der Waals surface area contributed by atoms with Crippen LogP contribution < -0.4 is 14.8 Å². The monoisotopic (exact) mass is 422 g/mol. The lowest BCUT2D eigenvalue weighted by atomic mass is 10.2. The number of amides is 1. The van der Waals surface area contributed by atoms with Crippen LogP contribution in [0.25, 0.3) is 0 Å². The molecule has 0 heterocycles. The lowest BCUT2D eigenvalue weighted by molar-refractivity contribution is -0.118. The van der Waals surface area contributed by atoms with Crippen LogP contribution in [-0.2, 0) is 4.79 Å². The van der Waals surface area contributed by atoms with Crippen LogP contribution in [0.4, 0.5) is 11.4 Å². The first-order valence-corrected chi connectivity index (χ1v) is 9.97. The SMILES string of the molecule is CCOc1cc(C=Nc2ccccc2)ccc1OCC(=O)Nc1ccc(C)c(Cl)c1. The average Bonchev–Trinajstić information content (AvgIpc) is 2.75. The Hall–Kier alpha value is -3.31. The molecule has 1 amide bonds. The fourth-order valence-electron chi connectivity index (χ4n) is 2.67. The molecular formula is C24H23ClN2O3. The fourth-order valence-corrected chi connectivity index (χ4v) is 2.85. The summed E-state index contributed by atoms with van der Waals surface area (Å²) >= 11 is 6.10. The van der Waals surface area contributed by atoms with E-state index < -0.39 is 0 Å². The van der Waals surface area contributed by atoms with Gasteiger partial charge in [-0.3, -0.25) is 9.79 Å². The van der Waals surface area contributed by atoms with E-state index in [0.29, 0.717) is 28.8 Å². The van der Waals surface area contributed by atoms with Crippen LogP contribution in [0, 0.1) is 6.92 Å². The van der Waals surface area contributed by atoms with E-state index in [1.807, 2.05) is 62.4 Å². The van der Waals surface area contributed by atoms with E-state index in [4.69, 9.17) is 21.1 Å². The Morgan fingerprint density at radius 3 is 2.57 bits per heavy atom. The van der Waals surface area contributed by atoms with Gasteiger partial charge in [-0.25, -0.2) is 0 Å². The Morgan fingerprint density at radius 2 is 1.83 bits per heavy atom. The number of nitrogens with zero attached hydrogens (tertiary/aromatic N) is 1. The molecule has 5 nitrogen and oxygen atoms in total. The molecule has 154 valence electrons. The van der Waals surface area contributed by atoms with Crippen LogP contribution in [-0.4, -0.2) is 25.3 Å². The molecule has 0 radical (unpaired) electrons. The van der Waals surface area contributed by atoms with Gasteiger partial charge in [-0.05, 0) is 67.4 Å². The molecule has 1 N–H and O–H groups in total. The van der Waals surface area contributed by atoms with Crippen LogP contribution in [0.1, 0.15) is 18.1 Å². The maximum atomic E-state index is 12.2. The maximum Gasteiger partial charge on any atom is 0.262 e. The third kappa shape index (κ3) is 6.09. The van der Waals surface area contributed by atoms with Crippen molar-refractivity contribution in [1.29, 1.82) is 0 Å². The first kappa shape index (κ1) is 21.4. The third-order valence-corrected chi connectivity index (χ3v) is 4.61. The van der Waals surface area contributed by atoms with Crippen molar-refractivity contribution in [3.05, 3.63) is 82.9 Å². The van der Waals surface area contributed by atoms with Gasteiger partial charge in [0.05, 0.1) is 12.3 Å². The van der Waals surface area contributed by atoms with Gasteiger partial charge in [0.15, 0.2) is 18.1 Å². The topological polar surface area (TPSA) is 59.9 Å². The smallest absolute Gasteiger partial charge is 0.262 e. The molecule has 3 rings (SSSR count). The second-order valence-electron chi connectivity index (χ2n) is 6.53. The van der Waals surface area contributed by atoms with E-state index in [1.54, 1.807) is 24.4 Å². The summed E-state index contributed by atoms with van der Waals surface area (Å²) in [5, 5.41) is 3.37. The molecule has 0 saturated carbocycles. The standard InChI is InChI=1S/C24H23ClN2O3/c1-3-29-23-13-18(15-26-19-7-5-4-6-8-19)10-12-22(23)30-16-24(28)27-20-11-9-17(2)21(25)14-20/h4-15H,3,16H2,1-2H3,(H,27,28). The van der Waals surface area contributed by atoms with Gasteiger partial charge in [0.2, 0.25) is 0 Å². The number of halogens is 1. The molecule has 3 aromatic carbocycles. The summed E-state index contributed by atoms with van der Waals surface area (Å²) in [6.07, 6.45) is 1.76. The number of carbonyl (C=O) groups is 1. The van der Waals surface area contributed by atoms with Crippen LogP contribution in [0.3, 0.4) is 0 Å². The summed E-state index contributed by atoms with van der Waals surface area (Å²) in [7, 11) is 0. The van der Waals surface area contributed by atoms with Crippen molar-refractivity contribution in [2.45, 2.75) is 13.8 Å². The van der Waals surface area contributed by atoms with Gasteiger partial charge < -0.3 is 14.8 Å². The minimum Gasteiger partial charge on any atom is -0.490 e. The number of para-hydroxylation sites is 1. The Labute approximate surface area is 181 Å². The molecule has 0 fully saturated rings. The molecule has 0 atom stereocenters. The highest BCUT2D eigenvalue weighted by Crippen LogP contribution is 2.28. The summed E-state index contributed by atoms with van der Waals surface area (Å²) in [4.78, 5) is 16.7. The predicted molar refractivity (Wildman–Crippen MR) is 122 cm³/mol. The molecule has 0 spiro atoms. The van der Waals surface area contributed by atoms with E-state index in [-0.39, 0.29) is 12.5 Å². The number of anilines is 1. The number of aliphatic imine (C=N–C) groups is 1. The second kappa shape index (κ2) is 10.5. The van der Waals surface area contributed by atoms with Crippen LogP contribution >= 0.6 is 11.6 Å². The van der Waals surface area contributed by atoms with E-state index >= 15 is 0 Å². The van der Waals surface area contributed by atoms with Crippen molar-refractivity contribution in [2.24, 2.45) is 4.99 Å². The molecule has 0 bridgehead atoms. The first-order chi connectivity index (χ1) is 14.5. The molecular weight excluding hydrogens is 400 g/mol. The van der Waals surface area contributed by atoms with Gasteiger partial charge in [0, 0.05) is 16.9 Å². The lowest BCUT2D eigenvalue weighted by Crippen LogP contribution is -2.20. The van der Waals surface area contributed by atoms with Crippen LogP contribution in [0.2, 0.25) is 5.02 Å². The Bertz CT molecular complexity index is 1040. The number of carbonyl (C=O) groups excluding carboxylic acids is 1. The summed E-state index contributed by atoms with van der Waals surface area (Å²) in [5.41, 5.74) is 3.30. The predicted octanol–water partition coefficient (Wildman–Crippen LogP) is 5.82. The molecule has 0 aliphatic heterocycles. The van der Waals surface area contributed by atoms with Gasteiger partial charge in [-0.1, -0.05) is 35.9 Å². The van der Waals surface area contributed by atoms with Crippen LogP contribution in [0.15, 0.2) is 71.7 Å². The summed E-state index contributed by atoms with van der Waals surface area (Å²) in [6, 6.07) is 20.5. The van der Waals surface area contributed by atoms with E-state index in [0.717, 1.165) is 16.8 Å². The van der Waals surface area contributed by atoms with E-state index in [1.165, 1.54) is 0 Å². The van der Waals surface area contributed by atoms with Crippen LogP contribution in [0.5, 0.6) is 11.5 Å². The summed E-state index contributed by atoms with van der Waals surface area (Å²) in [5.74, 6) is 0.763. The van der Waals surface area contributed by atoms with E-state index in [9.17, 15) is 4.79 Å². The van der Waals surface area contributed by atoms with Crippen molar-refractivity contribution >= 4 is 35.1 Å². The summed E-state index contributed by atoms with van der Waals surface area (Å²) < 4.78 is 11.4. The number of hydrogen-bond donors (Lipinski definition) is 1. The number of rotatable bonds is 8. The first-order valence-electron chi connectivity index (χ1n) is 9.60. The zero-order chi connectivity index (χ0) is 21.3. The molecule has 0 aliphatic rings. The second-order valence-corrected chi connectivity index (χ2v) is 6.94. The third-order valence-electron chi connectivity index (χ3n) is 4.20. The number of nitrogens with one attached hydrogen (secondary N) is 1. The molecule has 6 heteroatoms. The molecule has 0 aromatic heterocycles. The van der Waals surface area contributed by atoms with Gasteiger partial charge in [-0.15, -0.1) is 0 Å². The van der Waals surface area contributed by atoms with Gasteiger partial charge in [0.25, 0.3) is 5.91 Å². The minimum absolute atomic E-state index is 0.150. The molecule has 0 unspecified atom stereocenters. The van der Waals surface area contributed by atoms with Gasteiger partial charge >= 0.3 is 0 Å². The van der Waals surface area contributed by atoms with E-state index in [2.05, 4.69) is 10.3 Å². The fraction of sp³-hybridized carbons (Fsp3) is 0.167. The zero-order valence-electron chi connectivity index (χ0n) is 16.9. The Kier molecular flexibility index (Phi) is 7.46. The Balaban J connectivity index is 1.65.